The number of rotatable bonds is 3. The number of carbonyl (C=O) groups excluding carboxylic acids is 1. The first-order chi connectivity index (χ1) is 10.7. The third kappa shape index (κ3) is 2.81. The Labute approximate surface area is 127 Å². The van der Waals surface area contributed by atoms with E-state index in [2.05, 4.69) is 15.5 Å². The van der Waals surface area contributed by atoms with Gasteiger partial charge < -0.3 is 10.4 Å². The average molecular weight is 301 g/mol. The minimum atomic E-state index is -0.834. The molecule has 0 radical (unpaired) electrons. The number of amides is 1. The Bertz CT molecular complexity index is 695. The minimum Gasteiger partial charge on any atom is -0.481 e. The van der Waals surface area contributed by atoms with Gasteiger partial charge in [-0.15, -0.1) is 0 Å². The van der Waals surface area contributed by atoms with Crippen molar-refractivity contribution in [1.29, 1.82) is 0 Å². The largest absolute Gasteiger partial charge is 0.481 e. The number of para-hydroxylation sites is 1. The number of aliphatic carboxylic acids is 1. The van der Waals surface area contributed by atoms with Crippen LogP contribution in [0.15, 0.2) is 24.3 Å². The lowest BCUT2D eigenvalue weighted by molar-refractivity contribution is -0.142. The van der Waals surface area contributed by atoms with Crippen molar-refractivity contribution in [2.45, 2.75) is 38.1 Å². The third-order valence-corrected chi connectivity index (χ3v) is 4.34. The van der Waals surface area contributed by atoms with Crippen LogP contribution < -0.4 is 5.32 Å². The number of hydrogen-bond acceptors (Lipinski definition) is 3. The number of nitrogens with one attached hydrogen (secondary N) is 2. The van der Waals surface area contributed by atoms with Crippen LogP contribution in [0.2, 0.25) is 0 Å². The molecule has 3 rings (SSSR count). The summed E-state index contributed by atoms with van der Waals surface area (Å²) in [5, 5.41) is 19.9. The molecule has 1 amide bonds. The lowest BCUT2D eigenvalue weighted by atomic mass is 9.94. The zero-order chi connectivity index (χ0) is 15.5. The zero-order valence-corrected chi connectivity index (χ0v) is 12.2. The van der Waals surface area contributed by atoms with Crippen molar-refractivity contribution in [1.82, 2.24) is 15.5 Å². The predicted octanol–water partition coefficient (Wildman–Crippen LogP) is 2.33. The maximum atomic E-state index is 12.5. The Hall–Kier alpha value is -2.37. The summed E-state index contributed by atoms with van der Waals surface area (Å²) in [4.78, 5) is 23.9. The average Bonchev–Trinajstić information content (AvgIpc) is 2.80. The Morgan fingerprint density at radius 1 is 1.18 bits per heavy atom. The second-order valence-electron chi connectivity index (χ2n) is 5.78. The molecule has 1 aromatic heterocycles. The number of benzene rings is 1. The summed E-state index contributed by atoms with van der Waals surface area (Å²) in [6.07, 6.45) is 4.17. The van der Waals surface area contributed by atoms with E-state index in [1.165, 1.54) is 0 Å². The maximum Gasteiger partial charge on any atom is 0.308 e. The van der Waals surface area contributed by atoms with Gasteiger partial charge in [0.1, 0.15) is 0 Å². The molecule has 1 aliphatic rings. The molecule has 2 atom stereocenters. The van der Waals surface area contributed by atoms with E-state index in [4.69, 9.17) is 0 Å². The summed E-state index contributed by atoms with van der Waals surface area (Å²) in [5.41, 5.74) is 1.12. The molecule has 116 valence electrons. The SMILES string of the molecule is O=C(NC1CCCCCC1C(=O)O)c1n[nH]c2ccccc12. The van der Waals surface area contributed by atoms with E-state index in [0.29, 0.717) is 18.5 Å². The van der Waals surface area contributed by atoms with E-state index in [0.717, 1.165) is 30.2 Å². The second kappa shape index (κ2) is 6.17. The van der Waals surface area contributed by atoms with Crippen LogP contribution >= 0.6 is 0 Å². The van der Waals surface area contributed by atoms with Gasteiger partial charge in [0.05, 0.1) is 11.4 Å². The molecule has 0 aliphatic heterocycles. The Morgan fingerprint density at radius 3 is 2.77 bits per heavy atom. The maximum absolute atomic E-state index is 12.5. The van der Waals surface area contributed by atoms with E-state index < -0.39 is 11.9 Å². The summed E-state index contributed by atoms with van der Waals surface area (Å²) in [7, 11) is 0. The van der Waals surface area contributed by atoms with Crippen molar-refractivity contribution in [3.63, 3.8) is 0 Å². The minimum absolute atomic E-state index is 0.310. The molecule has 2 unspecified atom stereocenters. The van der Waals surface area contributed by atoms with Gasteiger partial charge in [0.25, 0.3) is 5.91 Å². The van der Waals surface area contributed by atoms with Gasteiger partial charge in [-0.05, 0) is 18.9 Å². The molecule has 0 saturated heterocycles. The lowest BCUT2D eigenvalue weighted by Gasteiger charge is -2.22. The van der Waals surface area contributed by atoms with Crippen LogP contribution in [-0.4, -0.2) is 33.2 Å². The quantitative estimate of drug-likeness (QED) is 0.758. The predicted molar refractivity (Wildman–Crippen MR) is 81.6 cm³/mol. The van der Waals surface area contributed by atoms with E-state index >= 15 is 0 Å². The molecule has 1 saturated carbocycles. The zero-order valence-electron chi connectivity index (χ0n) is 12.2. The number of aromatic nitrogens is 2. The molecule has 1 aromatic carbocycles. The van der Waals surface area contributed by atoms with Gasteiger partial charge in [0.15, 0.2) is 5.69 Å². The monoisotopic (exact) mass is 301 g/mol. The molecular formula is C16H19N3O3. The first-order valence-corrected chi connectivity index (χ1v) is 7.63. The summed E-state index contributed by atoms with van der Waals surface area (Å²) < 4.78 is 0. The first kappa shape index (κ1) is 14.6. The van der Waals surface area contributed by atoms with E-state index in [-0.39, 0.29) is 11.9 Å². The first-order valence-electron chi connectivity index (χ1n) is 7.63. The number of nitrogens with zero attached hydrogens (tertiary/aromatic N) is 1. The second-order valence-corrected chi connectivity index (χ2v) is 5.78. The number of fused-ring (bicyclic) bond motifs is 1. The number of hydrogen-bond donors (Lipinski definition) is 3. The highest BCUT2D eigenvalue weighted by atomic mass is 16.4. The number of aromatic amines is 1. The van der Waals surface area contributed by atoms with Gasteiger partial charge >= 0.3 is 5.97 Å². The van der Waals surface area contributed by atoms with Crippen molar-refractivity contribution < 1.29 is 14.7 Å². The molecule has 1 fully saturated rings. The highest BCUT2D eigenvalue weighted by Gasteiger charge is 2.31. The Balaban J connectivity index is 1.81. The van der Waals surface area contributed by atoms with Gasteiger partial charge in [-0.2, -0.15) is 5.10 Å². The van der Waals surface area contributed by atoms with Crippen molar-refractivity contribution >= 4 is 22.8 Å². The van der Waals surface area contributed by atoms with Gasteiger partial charge in [-0.1, -0.05) is 37.5 Å². The van der Waals surface area contributed by atoms with Gasteiger partial charge in [0.2, 0.25) is 0 Å². The standard InChI is InChI=1S/C16H19N3O3/c20-15(14-10-6-4-5-9-13(10)18-19-14)17-12-8-3-1-2-7-11(12)16(21)22/h4-6,9,11-12H,1-3,7-8H2,(H,17,20)(H,18,19)(H,21,22). The molecule has 2 aromatic rings. The molecule has 1 heterocycles. The van der Waals surface area contributed by atoms with E-state index in [1.807, 2.05) is 24.3 Å². The molecule has 6 heteroatoms. The van der Waals surface area contributed by atoms with Crippen LogP contribution in [0.25, 0.3) is 10.9 Å². The number of carboxylic acid groups (broad SMARTS) is 1. The Morgan fingerprint density at radius 2 is 1.95 bits per heavy atom. The van der Waals surface area contributed by atoms with Crippen molar-refractivity contribution in [3.8, 4) is 0 Å². The molecule has 22 heavy (non-hydrogen) atoms. The molecule has 3 N–H and O–H groups in total. The van der Waals surface area contributed by atoms with Gasteiger partial charge in [-0.25, -0.2) is 0 Å². The summed E-state index contributed by atoms with van der Waals surface area (Å²) in [5.74, 6) is -1.66. The summed E-state index contributed by atoms with van der Waals surface area (Å²) in [6.45, 7) is 0. The smallest absolute Gasteiger partial charge is 0.308 e. The van der Waals surface area contributed by atoms with Crippen LogP contribution in [0, 0.1) is 5.92 Å². The van der Waals surface area contributed by atoms with Crippen molar-refractivity contribution in [2.24, 2.45) is 5.92 Å². The molecule has 6 nitrogen and oxygen atoms in total. The number of carbonyl (C=O) groups is 2. The van der Waals surface area contributed by atoms with Crippen molar-refractivity contribution in [3.05, 3.63) is 30.0 Å². The third-order valence-electron chi connectivity index (χ3n) is 4.34. The lowest BCUT2D eigenvalue weighted by Crippen LogP contribution is -2.43. The highest BCUT2D eigenvalue weighted by molar-refractivity contribution is 6.04. The van der Waals surface area contributed by atoms with Crippen molar-refractivity contribution in [2.75, 3.05) is 0 Å². The highest BCUT2D eigenvalue weighted by Crippen LogP contribution is 2.24. The summed E-state index contributed by atoms with van der Waals surface area (Å²) in [6, 6.07) is 7.07. The van der Waals surface area contributed by atoms with Crippen LogP contribution in [0.5, 0.6) is 0 Å². The number of H-pyrrole nitrogens is 1. The van der Waals surface area contributed by atoms with Crippen LogP contribution in [0.3, 0.4) is 0 Å². The molecule has 0 bridgehead atoms. The Kier molecular flexibility index (Phi) is 4.09. The fraction of sp³-hybridized carbons (Fsp3) is 0.438. The van der Waals surface area contributed by atoms with Crippen LogP contribution in [0.4, 0.5) is 0 Å². The van der Waals surface area contributed by atoms with Gasteiger partial charge in [-0.3, -0.25) is 14.7 Å². The number of carboxylic acids is 1. The molecule has 0 spiro atoms. The fourth-order valence-corrected chi connectivity index (χ4v) is 3.15. The van der Waals surface area contributed by atoms with E-state index in [1.54, 1.807) is 0 Å². The normalized spacial score (nSPS) is 22.2. The molecular weight excluding hydrogens is 282 g/mol. The topological polar surface area (TPSA) is 95.1 Å². The fourth-order valence-electron chi connectivity index (χ4n) is 3.15. The molecule has 1 aliphatic carbocycles. The van der Waals surface area contributed by atoms with Crippen LogP contribution in [-0.2, 0) is 4.79 Å². The van der Waals surface area contributed by atoms with E-state index in [9.17, 15) is 14.7 Å². The van der Waals surface area contributed by atoms with Crippen LogP contribution in [0.1, 0.15) is 42.6 Å². The van der Waals surface area contributed by atoms with Gasteiger partial charge in [0, 0.05) is 11.4 Å². The summed E-state index contributed by atoms with van der Waals surface area (Å²) >= 11 is 0.